The van der Waals surface area contributed by atoms with E-state index in [1.165, 1.54) is 17.4 Å². The molecule has 0 saturated heterocycles. The Labute approximate surface area is 99.1 Å². The van der Waals surface area contributed by atoms with Gasteiger partial charge in [0, 0.05) is 5.56 Å². The van der Waals surface area contributed by atoms with Gasteiger partial charge in [0.1, 0.15) is 5.82 Å². The highest BCUT2D eigenvalue weighted by molar-refractivity contribution is 9.11. The number of nitrogens with two attached hydrogens (primary N) is 1. The highest BCUT2D eigenvalue weighted by Crippen LogP contribution is 2.34. The summed E-state index contributed by atoms with van der Waals surface area (Å²) in [7, 11) is 0. The average molecular weight is 287 g/mol. The number of benzene rings is 1. The maximum atomic E-state index is 13.1. The molecule has 5 heteroatoms. The normalized spacial score (nSPS) is 10.6. The molecule has 0 aliphatic carbocycles. The van der Waals surface area contributed by atoms with Crippen molar-refractivity contribution in [3.05, 3.63) is 33.4 Å². The topological polar surface area (TPSA) is 38.9 Å². The Kier molecular flexibility index (Phi) is 2.75. The van der Waals surface area contributed by atoms with Crippen molar-refractivity contribution in [2.45, 2.75) is 6.92 Å². The molecule has 0 spiro atoms. The molecule has 2 nitrogen and oxygen atoms in total. The quantitative estimate of drug-likeness (QED) is 0.870. The van der Waals surface area contributed by atoms with Crippen molar-refractivity contribution in [1.29, 1.82) is 0 Å². The van der Waals surface area contributed by atoms with E-state index in [1.54, 1.807) is 19.1 Å². The van der Waals surface area contributed by atoms with E-state index in [1.807, 2.05) is 0 Å². The number of nitrogens with zero attached hydrogens (tertiary/aromatic N) is 1. The van der Waals surface area contributed by atoms with Crippen molar-refractivity contribution in [1.82, 2.24) is 4.98 Å². The van der Waals surface area contributed by atoms with Gasteiger partial charge in [0.2, 0.25) is 0 Å². The maximum Gasteiger partial charge on any atom is 0.181 e. The second-order valence-electron chi connectivity index (χ2n) is 3.14. The lowest BCUT2D eigenvalue weighted by Crippen LogP contribution is -1.86. The number of halogens is 2. The van der Waals surface area contributed by atoms with Crippen LogP contribution in [0, 0.1) is 12.7 Å². The Morgan fingerprint density at radius 1 is 1.47 bits per heavy atom. The Morgan fingerprint density at radius 3 is 2.73 bits per heavy atom. The van der Waals surface area contributed by atoms with Crippen LogP contribution in [0.3, 0.4) is 0 Å². The lowest BCUT2D eigenvalue weighted by molar-refractivity contribution is 0.619. The van der Waals surface area contributed by atoms with E-state index in [0.29, 0.717) is 10.7 Å². The van der Waals surface area contributed by atoms with E-state index in [2.05, 4.69) is 20.9 Å². The first kappa shape index (κ1) is 10.6. The minimum atomic E-state index is -0.210. The Hall–Kier alpha value is -0.940. The number of thiazole rings is 1. The third kappa shape index (κ3) is 2.03. The van der Waals surface area contributed by atoms with Crippen LogP contribution >= 0.6 is 27.3 Å². The molecule has 0 bridgehead atoms. The number of anilines is 1. The van der Waals surface area contributed by atoms with Gasteiger partial charge >= 0.3 is 0 Å². The fraction of sp³-hybridized carbons (Fsp3) is 0.100. The van der Waals surface area contributed by atoms with E-state index >= 15 is 0 Å². The molecular weight excluding hydrogens is 279 g/mol. The molecule has 2 aromatic rings. The SMILES string of the molecule is Cc1cc(-c2nc(N)sc2Br)ccc1F. The van der Waals surface area contributed by atoms with Crippen LogP contribution in [-0.4, -0.2) is 4.98 Å². The first-order valence-corrected chi connectivity index (χ1v) is 5.87. The predicted octanol–water partition coefficient (Wildman–Crippen LogP) is 3.60. The number of nitrogen functional groups attached to an aromatic ring is 1. The van der Waals surface area contributed by atoms with Gasteiger partial charge in [-0.05, 0) is 46.6 Å². The third-order valence-electron chi connectivity index (χ3n) is 2.03. The molecule has 1 aromatic carbocycles. The summed E-state index contributed by atoms with van der Waals surface area (Å²) in [6.45, 7) is 1.72. The minimum Gasteiger partial charge on any atom is -0.375 e. The number of hydrogen-bond donors (Lipinski definition) is 1. The lowest BCUT2D eigenvalue weighted by atomic mass is 10.1. The zero-order chi connectivity index (χ0) is 11.0. The van der Waals surface area contributed by atoms with Gasteiger partial charge in [0.25, 0.3) is 0 Å². The van der Waals surface area contributed by atoms with E-state index in [-0.39, 0.29) is 5.82 Å². The summed E-state index contributed by atoms with van der Waals surface area (Å²) in [6, 6.07) is 4.89. The summed E-state index contributed by atoms with van der Waals surface area (Å²) in [6.07, 6.45) is 0. The van der Waals surface area contributed by atoms with Gasteiger partial charge in [-0.3, -0.25) is 0 Å². The lowest BCUT2D eigenvalue weighted by Gasteiger charge is -2.00. The van der Waals surface area contributed by atoms with E-state index < -0.39 is 0 Å². The molecule has 0 amide bonds. The predicted molar refractivity (Wildman–Crippen MR) is 64.4 cm³/mol. The summed E-state index contributed by atoms with van der Waals surface area (Å²) in [4.78, 5) is 4.18. The number of aromatic nitrogens is 1. The zero-order valence-corrected chi connectivity index (χ0v) is 10.3. The van der Waals surface area contributed by atoms with Crippen molar-refractivity contribution in [3.63, 3.8) is 0 Å². The molecule has 78 valence electrons. The van der Waals surface area contributed by atoms with Crippen molar-refractivity contribution in [3.8, 4) is 11.3 Å². The average Bonchev–Trinajstić information content (AvgIpc) is 2.50. The summed E-state index contributed by atoms with van der Waals surface area (Å²) < 4.78 is 13.9. The van der Waals surface area contributed by atoms with E-state index in [0.717, 1.165) is 15.0 Å². The molecular formula is C10H8BrFN2S. The van der Waals surface area contributed by atoms with E-state index in [9.17, 15) is 4.39 Å². The summed E-state index contributed by atoms with van der Waals surface area (Å²) >= 11 is 4.74. The van der Waals surface area contributed by atoms with Crippen LogP contribution in [0.1, 0.15) is 5.56 Å². The van der Waals surface area contributed by atoms with Crippen LogP contribution in [0.15, 0.2) is 22.0 Å². The Morgan fingerprint density at radius 2 is 2.20 bits per heavy atom. The summed E-state index contributed by atoms with van der Waals surface area (Å²) in [5.74, 6) is -0.210. The van der Waals surface area contributed by atoms with Crippen molar-refractivity contribution < 1.29 is 4.39 Å². The number of hydrogen-bond acceptors (Lipinski definition) is 3. The van der Waals surface area contributed by atoms with Crippen LogP contribution in [0.2, 0.25) is 0 Å². The number of rotatable bonds is 1. The molecule has 0 unspecified atom stereocenters. The van der Waals surface area contributed by atoms with Crippen LogP contribution in [0.4, 0.5) is 9.52 Å². The van der Waals surface area contributed by atoms with Gasteiger partial charge in [-0.25, -0.2) is 9.37 Å². The zero-order valence-electron chi connectivity index (χ0n) is 7.92. The molecule has 0 radical (unpaired) electrons. The van der Waals surface area contributed by atoms with Gasteiger partial charge in [0.15, 0.2) is 5.13 Å². The fourth-order valence-electron chi connectivity index (χ4n) is 1.29. The molecule has 2 N–H and O–H groups in total. The first-order valence-electron chi connectivity index (χ1n) is 4.26. The molecule has 0 aliphatic rings. The van der Waals surface area contributed by atoms with Crippen LogP contribution < -0.4 is 5.73 Å². The van der Waals surface area contributed by atoms with Gasteiger partial charge in [-0.1, -0.05) is 11.3 Å². The third-order valence-corrected chi connectivity index (χ3v) is 3.57. The highest BCUT2D eigenvalue weighted by atomic mass is 79.9. The molecule has 1 heterocycles. The largest absolute Gasteiger partial charge is 0.375 e. The molecule has 15 heavy (non-hydrogen) atoms. The minimum absolute atomic E-state index is 0.210. The summed E-state index contributed by atoms with van der Waals surface area (Å²) in [5, 5.41) is 0.499. The van der Waals surface area contributed by atoms with Crippen molar-refractivity contribution >= 4 is 32.4 Å². The van der Waals surface area contributed by atoms with Gasteiger partial charge in [-0.2, -0.15) is 0 Å². The molecule has 0 atom stereocenters. The molecule has 2 rings (SSSR count). The van der Waals surface area contributed by atoms with Crippen LogP contribution in [0.25, 0.3) is 11.3 Å². The summed E-state index contributed by atoms with van der Waals surface area (Å²) in [5.41, 5.74) is 7.82. The Bertz CT molecular complexity index is 510. The standard InChI is InChI=1S/C10H8BrFN2S/c1-5-4-6(2-3-7(5)12)8-9(11)15-10(13)14-8/h2-4H,1H3,(H2,13,14). The molecule has 0 saturated carbocycles. The highest BCUT2D eigenvalue weighted by Gasteiger charge is 2.10. The number of aryl methyl sites for hydroxylation is 1. The second-order valence-corrected chi connectivity index (χ2v) is 5.49. The van der Waals surface area contributed by atoms with Gasteiger partial charge < -0.3 is 5.73 Å². The van der Waals surface area contributed by atoms with Crippen molar-refractivity contribution in [2.24, 2.45) is 0 Å². The second kappa shape index (κ2) is 3.90. The Balaban J connectivity index is 2.54. The first-order chi connectivity index (χ1) is 7.08. The molecule has 1 aromatic heterocycles. The smallest absolute Gasteiger partial charge is 0.181 e. The van der Waals surface area contributed by atoms with Crippen LogP contribution in [-0.2, 0) is 0 Å². The maximum absolute atomic E-state index is 13.1. The fourth-order valence-corrected chi connectivity index (χ4v) is 2.68. The van der Waals surface area contributed by atoms with Gasteiger partial charge in [0.05, 0.1) is 9.48 Å². The molecule has 0 fully saturated rings. The monoisotopic (exact) mass is 286 g/mol. The van der Waals surface area contributed by atoms with Crippen LogP contribution in [0.5, 0.6) is 0 Å². The molecule has 0 aliphatic heterocycles. The van der Waals surface area contributed by atoms with Gasteiger partial charge in [-0.15, -0.1) is 0 Å². The van der Waals surface area contributed by atoms with Crippen molar-refractivity contribution in [2.75, 3.05) is 5.73 Å². The van der Waals surface area contributed by atoms with E-state index in [4.69, 9.17) is 5.73 Å².